The van der Waals surface area contributed by atoms with Crippen LogP contribution < -0.4 is 15.0 Å². The van der Waals surface area contributed by atoms with Crippen molar-refractivity contribution in [3.8, 4) is 5.75 Å². The first-order valence-electron chi connectivity index (χ1n) is 13.0. The summed E-state index contributed by atoms with van der Waals surface area (Å²) in [5.41, 5.74) is 5.19. The third-order valence-electron chi connectivity index (χ3n) is 7.95. The summed E-state index contributed by atoms with van der Waals surface area (Å²) in [5.74, 6) is 2.10. The number of likely N-dealkylation sites (tertiary alicyclic amines) is 2. The molecule has 0 saturated carbocycles. The second kappa shape index (κ2) is 9.71. The van der Waals surface area contributed by atoms with Gasteiger partial charge < -0.3 is 24.6 Å². The highest BCUT2D eigenvalue weighted by atomic mass is 16.5. The zero-order valence-electron chi connectivity index (χ0n) is 20.9. The van der Waals surface area contributed by atoms with E-state index in [4.69, 9.17) is 14.5 Å². The number of pyridine rings is 2. The zero-order valence-corrected chi connectivity index (χ0v) is 20.9. The summed E-state index contributed by atoms with van der Waals surface area (Å²) in [5, 5.41) is 3.57. The summed E-state index contributed by atoms with van der Waals surface area (Å²) >= 11 is 0. The molecule has 9 heteroatoms. The van der Waals surface area contributed by atoms with Gasteiger partial charge in [-0.15, -0.1) is 0 Å². The van der Waals surface area contributed by atoms with Crippen molar-refractivity contribution < 1.29 is 14.3 Å². The molecule has 0 aliphatic carbocycles. The summed E-state index contributed by atoms with van der Waals surface area (Å²) in [6.45, 7) is 12.9. The Hall–Kier alpha value is -3.17. The van der Waals surface area contributed by atoms with E-state index in [-0.39, 0.29) is 5.91 Å². The van der Waals surface area contributed by atoms with Crippen molar-refractivity contribution in [1.82, 2.24) is 19.8 Å². The number of carbonyl (C=O) groups is 1. The van der Waals surface area contributed by atoms with E-state index < -0.39 is 0 Å². The van der Waals surface area contributed by atoms with Crippen LogP contribution in [0.5, 0.6) is 5.75 Å². The summed E-state index contributed by atoms with van der Waals surface area (Å²) < 4.78 is 11.8. The van der Waals surface area contributed by atoms with E-state index in [1.54, 1.807) is 0 Å². The molecule has 2 aromatic rings. The van der Waals surface area contributed by atoms with Gasteiger partial charge in [0.25, 0.3) is 0 Å². The molecule has 2 aromatic heterocycles. The van der Waals surface area contributed by atoms with E-state index in [1.165, 1.54) is 6.08 Å². The van der Waals surface area contributed by atoms with Gasteiger partial charge in [0.05, 0.1) is 30.2 Å². The van der Waals surface area contributed by atoms with Crippen molar-refractivity contribution in [3.05, 3.63) is 47.9 Å². The molecule has 6 rings (SSSR count). The molecule has 0 unspecified atom stereocenters. The maximum atomic E-state index is 11.9. The predicted octanol–water partition coefficient (Wildman–Crippen LogP) is 2.83. The molecule has 1 amide bonds. The Morgan fingerprint density at radius 3 is 2.72 bits per heavy atom. The summed E-state index contributed by atoms with van der Waals surface area (Å²) in [6, 6.07) is 4.75. The van der Waals surface area contributed by atoms with Crippen LogP contribution in [0.3, 0.4) is 0 Å². The van der Waals surface area contributed by atoms with Gasteiger partial charge in [-0.1, -0.05) is 6.58 Å². The topological polar surface area (TPSA) is 83.1 Å². The molecule has 3 fully saturated rings. The molecule has 4 aliphatic rings. The Balaban J connectivity index is 1.15. The number of morpholine rings is 1. The Morgan fingerprint density at radius 1 is 1.19 bits per heavy atom. The number of hydrogen-bond acceptors (Lipinski definition) is 8. The molecule has 1 N–H and O–H groups in total. The Bertz CT molecular complexity index is 1150. The molecule has 0 radical (unpaired) electrons. The van der Waals surface area contributed by atoms with Gasteiger partial charge in [0, 0.05) is 68.8 Å². The Labute approximate surface area is 212 Å². The highest BCUT2D eigenvalue weighted by Gasteiger charge is 2.37. The lowest BCUT2D eigenvalue weighted by atomic mass is 9.90. The predicted molar refractivity (Wildman–Crippen MR) is 138 cm³/mol. The van der Waals surface area contributed by atoms with Crippen LogP contribution in [-0.2, 0) is 16.1 Å². The lowest BCUT2D eigenvalue weighted by Gasteiger charge is -2.47. The first kappa shape index (κ1) is 23.2. The number of piperidine rings is 1. The number of ether oxygens (including phenoxy) is 2. The van der Waals surface area contributed by atoms with E-state index >= 15 is 0 Å². The minimum absolute atomic E-state index is 0.0439. The number of nitrogens with one attached hydrogen (secondary N) is 1. The number of anilines is 3. The fourth-order valence-electron chi connectivity index (χ4n) is 5.85. The zero-order chi connectivity index (χ0) is 24.6. The van der Waals surface area contributed by atoms with E-state index in [0.29, 0.717) is 18.6 Å². The van der Waals surface area contributed by atoms with Crippen LogP contribution in [0.15, 0.2) is 31.0 Å². The van der Waals surface area contributed by atoms with Crippen LogP contribution in [0.25, 0.3) is 0 Å². The molecule has 0 aromatic carbocycles. The number of aryl methyl sites for hydroxylation is 1. The van der Waals surface area contributed by atoms with Crippen LogP contribution in [0.1, 0.15) is 35.7 Å². The third-order valence-corrected chi connectivity index (χ3v) is 7.95. The fourth-order valence-corrected chi connectivity index (χ4v) is 5.85. The van der Waals surface area contributed by atoms with Crippen molar-refractivity contribution in [2.75, 3.05) is 62.7 Å². The highest BCUT2D eigenvalue weighted by Crippen LogP contribution is 2.41. The fraction of sp³-hybridized carbons (Fsp3) is 0.519. The quantitative estimate of drug-likeness (QED) is 0.656. The maximum Gasteiger partial charge on any atom is 0.245 e. The van der Waals surface area contributed by atoms with Gasteiger partial charge >= 0.3 is 0 Å². The van der Waals surface area contributed by atoms with Gasteiger partial charge in [-0.05, 0) is 38.0 Å². The van der Waals surface area contributed by atoms with Crippen LogP contribution in [-0.4, -0.2) is 84.2 Å². The standard InChI is InChI=1S/C27H34N6O3/c1-3-25(34)32-8-5-20(6-9-32)33-15-19(16-33)22-14-23-26(18(2)29-22)36-17-21-24(4-7-28-27(21)30-23)31-10-12-35-13-11-31/h3-4,7,14,19-20H,1,5-6,8-13,15-17H2,2H3,(H,28,30). The third kappa shape index (κ3) is 4.30. The molecule has 9 nitrogen and oxygen atoms in total. The Kier molecular flexibility index (Phi) is 6.27. The van der Waals surface area contributed by atoms with E-state index in [9.17, 15) is 4.79 Å². The largest absolute Gasteiger partial charge is 0.485 e. The van der Waals surface area contributed by atoms with Crippen LogP contribution >= 0.6 is 0 Å². The minimum atomic E-state index is 0.0439. The average Bonchev–Trinajstić information content (AvgIpc) is 3.08. The van der Waals surface area contributed by atoms with Crippen molar-refractivity contribution >= 4 is 23.1 Å². The van der Waals surface area contributed by atoms with Crippen LogP contribution in [0, 0.1) is 6.92 Å². The van der Waals surface area contributed by atoms with Crippen molar-refractivity contribution in [1.29, 1.82) is 0 Å². The molecule has 6 heterocycles. The molecular formula is C27H34N6O3. The maximum absolute atomic E-state index is 11.9. The summed E-state index contributed by atoms with van der Waals surface area (Å²) in [6.07, 6.45) is 5.33. The van der Waals surface area contributed by atoms with E-state index in [2.05, 4.69) is 38.8 Å². The lowest BCUT2D eigenvalue weighted by Crippen LogP contribution is -2.54. The average molecular weight is 491 g/mol. The SMILES string of the molecule is C=CC(=O)N1CCC(N2CC(c3cc4c(c(C)n3)OCc3c(N5CCOCC5)ccnc3N4)C2)CC1. The van der Waals surface area contributed by atoms with Gasteiger partial charge in [-0.3, -0.25) is 14.7 Å². The van der Waals surface area contributed by atoms with Gasteiger partial charge in [0.2, 0.25) is 5.91 Å². The first-order chi connectivity index (χ1) is 17.6. The van der Waals surface area contributed by atoms with Gasteiger partial charge in [-0.25, -0.2) is 4.98 Å². The number of hydrogen-bond donors (Lipinski definition) is 1. The van der Waals surface area contributed by atoms with E-state index in [1.807, 2.05) is 18.0 Å². The molecule has 36 heavy (non-hydrogen) atoms. The van der Waals surface area contributed by atoms with Crippen LogP contribution in [0.4, 0.5) is 17.2 Å². The monoisotopic (exact) mass is 490 g/mol. The number of aromatic nitrogens is 2. The number of carbonyl (C=O) groups excluding carboxylic acids is 1. The van der Waals surface area contributed by atoms with Crippen molar-refractivity contribution in [3.63, 3.8) is 0 Å². The summed E-state index contributed by atoms with van der Waals surface area (Å²) in [7, 11) is 0. The molecular weight excluding hydrogens is 456 g/mol. The van der Waals surface area contributed by atoms with Gasteiger partial charge in [-0.2, -0.15) is 0 Å². The molecule has 0 bridgehead atoms. The number of rotatable bonds is 4. The molecule has 4 aliphatic heterocycles. The van der Waals surface area contributed by atoms with E-state index in [0.717, 1.165) is 105 Å². The van der Waals surface area contributed by atoms with Gasteiger partial charge in [0.15, 0.2) is 5.75 Å². The molecule has 190 valence electrons. The highest BCUT2D eigenvalue weighted by molar-refractivity contribution is 5.87. The molecule has 0 atom stereocenters. The van der Waals surface area contributed by atoms with Crippen molar-refractivity contribution in [2.24, 2.45) is 0 Å². The number of amides is 1. The Morgan fingerprint density at radius 2 is 1.97 bits per heavy atom. The number of nitrogens with zero attached hydrogens (tertiary/aromatic N) is 5. The van der Waals surface area contributed by atoms with Crippen molar-refractivity contribution in [2.45, 2.75) is 38.3 Å². The smallest absolute Gasteiger partial charge is 0.245 e. The molecule has 3 saturated heterocycles. The lowest BCUT2D eigenvalue weighted by molar-refractivity contribution is -0.127. The summed E-state index contributed by atoms with van der Waals surface area (Å²) in [4.78, 5) is 28.3. The number of fused-ring (bicyclic) bond motifs is 2. The second-order valence-corrected chi connectivity index (χ2v) is 10.1. The minimum Gasteiger partial charge on any atom is -0.485 e. The normalized spacial score (nSPS) is 20.9. The molecule has 0 spiro atoms. The van der Waals surface area contributed by atoms with Gasteiger partial charge in [0.1, 0.15) is 12.4 Å². The second-order valence-electron chi connectivity index (χ2n) is 10.1. The first-order valence-corrected chi connectivity index (χ1v) is 13.0. The van der Waals surface area contributed by atoms with Crippen LogP contribution in [0.2, 0.25) is 0 Å².